The molecule has 3 heteroatoms. The topological polar surface area (TPSA) is 17.8 Å². The van der Waals surface area contributed by atoms with Gasteiger partial charge in [-0.2, -0.15) is 0 Å². The molecule has 2 rings (SSSR count). The van der Waals surface area contributed by atoms with Crippen LogP contribution in [0.15, 0.2) is 35.2 Å². The highest BCUT2D eigenvalue weighted by atomic mass is 79.9. The van der Waals surface area contributed by atoms with E-state index in [4.69, 9.17) is 0 Å². The maximum Gasteiger partial charge on any atom is 0.132 e. The molecule has 0 radical (unpaired) electrons. The van der Waals surface area contributed by atoms with Gasteiger partial charge in [0, 0.05) is 12.6 Å². The Labute approximate surface area is 98.1 Å². The maximum atomic E-state index is 4.21. The SMILES string of the molecule is CCc1ccc(-c2c(Br)ncn2C)cc1. The van der Waals surface area contributed by atoms with Crippen molar-refractivity contribution in [1.29, 1.82) is 0 Å². The first-order valence-corrected chi connectivity index (χ1v) is 5.77. The van der Waals surface area contributed by atoms with E-state index in [1.807, 2.05) is 17.9 Å². The van der Waals surface area contributed by atoms with Crippen LogP contribution in [0.1, 0.15) is 12.5 Å². The van der Waals surface area contributed by atoms with Gasteiger partial charge < -0.3 is 4.57 Å². The molecule has 15 heavy (non-hydrogen) atoms. The van der Waals surface area contributed by atoms with Gasteiger partial charge in [-0.05, 0) is 27.9 Å². The number of halogens is 1. The molecule has 0 unspecified atom stereocenters. The fourth-order valence-electron chi connectivity index (χ4n) is 1.62. The third-order valence-electron chi connectivity index (χ3n) is 2.53. The van der Waals surface area contributed by atoms with Gasteiger partial charge in [-0.25, -0.2) is 4.98 Å². The molecule has 0 fully saturated rings. The molecule has 2 nitrogen and oxygen atoms in total. The number of hydrogen-bond donors (Lipinski definition) is 0. The lowest BCUT2D eigenvalue weighted by molar-refractivity contribution is 0.921. The molecule has 0 aliphatic carbocycles. The van der Waals surface area contributed by atoms with Crippen LogP contribution in [-0.2, 0) is 13.5 Å². The summed E-state index contributed by atoms with van der Waals surface area (Å²) in [6.07, 6.45) is 2.89. The lowest BCUT2D eigenvalue weighted by Crippen LogP contribution is -1.90. The molecule has 0 aliphatic rings. The Morgan fingerprint density at radius 2 is 1.93 bits per heavy atom. The van der Waals surface area contributed by atoms with Gasteiger partial charge in [0.1, 0.15) is 4.60 Å². The normalized spacial score (nSPS) is 10.6. The number of aryl methyl sites for hydroxylation is 2. The largest absolute Gasteiger partial charge is 0.333 e. The molecule has 1 aromatic heterocycles. The first-order chi connectivity index (χ1) is 7.22. The van der Waals surface area contributed by atoms with Crippen LogP contribution in [0.2, 0.25) is 0 Å². The van der Waals surface area contributed by atoms with Crippen molar-refractivity contribution in [1.82, 2.24) is 9.55 Å². The predicted octanol–water partition coefficient (Wildman–Crippen LogP) is 3.41. The Bertz CT molecular complexity index is 437. The zero-order chi connectivity index (χ0) is 10.8. The van der Waals surface area contributed by atoms with Crippen LogP contribution in [-0.4, -0.2) is 9.55 Å². The van der Waals surface area contributed by atoms with Gasteiger partial charge >= 0.3 is 0 Å². The number of nitrogens with zero attached hydrogens (tertiary/aromatic N) is 2. The average molecular weight is 265 g/mol. The van der Waals surface area contributed by atoms with Crippen LogP contribution in [0.25, 0.3) is 11.3 Å². The number of rotatable bonds is 2. The van der Waals surface area contributed by atoms with Crippen LogP contribution >= 0.6 is 15.9 Å². The van der Waals surface area contributed by atoms with Crippen molar-refractivity contribution in [2.24, 2.45) is 7.05 Å². The Morgan fingerprint density at radius 3 is 2.40 bits per heavy atom. The second-order valence-corrected chi connectivity index (χ2v) is 4.30. The molecule has 2 aromatic rings. The molecule has 0 N–H and O–H groups in total. The third-order valence-corrected chi connectivity index (χ3v) is 3.11. The van der Waals surface area contributed by atoms with Crippen LogP contribution in [0.5, 0.6) is 0 Å². The number of aromatic nitrogens is 2. The van der Waals surface area contributed by atoms with Gasteiger partial charge in [0.05, 0.1) is 12.0 Å². The summed E-state index contributed by atoms with van der Waals surface area (Å²) in [7, 11) is 2.00. The van der Waals surface area contributed by atoms with E-state index in [9.17, 15) is 0 Å². The van der Waals surface area contributed by atoms with E-state index in [1.54, 1.807) is 0 Å². The molecular weight excluding hydrogens is 252 g/mol. The smallest absolute Gasteiger partial charge is 0.132 e. The van der Waals surface area contributed by atoms with Crippen LogP contribution in [0.3, 0.4) is 0 Å². The zero-order valence-electron chi connectivity index (χ0n) is 8.87. The average Bonchev–Trinajstić information content (AvgIpc) is 2.59. The van der Waals surface area contributed by atoms with Crippen molar-refractivity contribution in [3.63, 3.8) is 0 Å². The summed E-state index contributed by atoms with van der Waals surface area (Å²) in [5, 5.41) is 0. The molecular formula is C12H13BrN2. The first kappa shape index (κ1) is 10.4. The highest BCUT2D eigenvalue weighted by Crippen LogP contribution is 2.26. The van der Waals surface area contributed by atoms with Gasteiger partial charge in [0.15, 0.2) is 0 Å². The van der Waals surface area contributed by atoms with Gasteiger partial charge in [-0.3, -0.25) is 0 Å². The standard InChI is InChI=1S/C12H13BrN2/c1-3-9-4-6-10(7-5-9)11-12(13)14-8-15(11)2/h4-8H,3H2,1-2H3. The van der Waals surface area contributed by atoms with Gasteiger partial charge in [0.25, 0.3) is 0 Å². The quantitative estimate of drug-likeness (QED) is 0.813. The van der Waals surface area contributed by atoms with E-state index < -0.39 is 0 Å². The lowest BCUT2D eigenvalue weighted by Gasteiger charge is -2.04. The maximum absolute atomic E-state index is 4.21. The van der Waals surface area contributed by atoms with Crippen molar-refractivity contribution in [3.8, 4) is 11.3 Å². The number of benzene rings is 1. The molecule has 0 spiro atoms. The molecule has 1 aromatic carbocycles. The summed E-state index contributed by atoms with van der Waals surface area (Å²) < 4.78 is 2.92. The Morgan fingerprint density at radius 1 is 1.27 bits per heavy atom. The molecule has 78 valence electrons. The molecule has 0 bridgehead atoms. The first-order valence-electron chi connectivity index (χ1n) is 4.98. The fourth-order valence-corrected chi connectivity index (χ4v) is 2.22. The molecule has 0 atom stereocenters. The summed E-state index contributed by atoms with van der Waals surface area (Å²) in [6, 6.07) is 8.60. The van der Waals surface area contributed by atoms with Gasteiger partial charge in [-0.1, -0.05) is 31.2 Å². The van der Waals surface area contributed by atoms with Gasteiger partial charge in [0.2, 0.25) is 0 Å². The molecule has 0 saturated heterocycles. The van der Waals surface area contributed by atoms with Crippen LogP contribution in [0.4, 0.5) is 0 Å². The highest BCUT2D eigenvalue weighted by Gasteiger charge is 2.07. The minimum absolute atomic E-state index is 0.897. The Hall–Kier alpha value is -1.09. The van der Waals surface area contributed by atoms with Crippen molar-refractivity contribution in [2.45, 2.75) is 13.3 Å². The van der Waals surface area contributed by atoms with E-state index in [2.05, 4.69) is 52.1 Å². The molecule has 0 amide bonds. The monoisotopic (exact) mass is 264 g/mol. The minimum Gasteiger partial charge on any atom is -0.333 e. The van der Waals surface area contributed by atoms with Crippen LogP contribution < -0.4 is 0 Å². The third kappa shape index (κ3) is 1.97. The number of hydrogen-bond acceptors (Lipinski definition) is 1. The van der Waals surface area contributed by atoms with Gasteiger partial charge in [-0.15, -0.1) is 0 Å². The van der Waals surface area contributed by atoms with Crippen molar-refractivity contribution in [3.05, 3.63) is 40.8 Å². The summed E-state index contributed by atoms with van der Waals surface area (Å²) in [5.74, 6) is 0. The second-order valence-electron chi connectivity index (χ2n) is 3.55. The predicted molar refractivity (Wildman–Crippen MR) is 65.7 cm³/mol. The molecule has 1 heterocycles. The second kappa shape index (κ2) is 4.19. The lowest BCUT2D eigenvalue weighted by atomic mass is 10.1. The summed E-state index contributed by atoms with van der Waals surface area (Å²) in [6.45, 7) is 2.16. The number of imidazole rings is 1. The Balaban J connectivity index is 2.45. The minimum atomic E-state index is 0.897. The van der Waals surface area contributed by atoms with E-state index in [0.717, 1.165) is 16.7 Å². The fraction of sp³-hybridized carbons (Fsp3) is 0.250. The van der Waals surface area contributed by atoms with Crippen LogP contribution in [0, 0.1) is 0 Å². The van der Waals surface area contributed by atoms with E-state index in [1.165, 1.54) is 11.1 Å². The van der Waals surface area contributed by atoms with E-state index >= 15 is 0 Å². The van der Waals surface area contributed by atoms with Crippen molar-refractivity contribution < 1.29 is 0 Å². The van der Waals surface area contributed by atoms with Crippen molar-refractivity contribution >= 4 is 15.9 Å². The summed E-state index contributed by atoms with van der Waals surface area (Å²) in [4.78, 5) is 4.21. The summed E-state index contributed by atoms with van der Waals surface area (Å²) >= 11 is 3.46. The van der Waals surface area contributed by atoms with E-state index in [0.29, 0.717) is 0 Å². The summed E-state index contributed by atoms with van der Waals surface area (Å²) in [5.41, 5.74) is 3.67. The highest BCUT2D eigenvalue weighted by molar-refractivity contribution is 9.10. The molecule has 0 aliphatic heterocycles. The Kier molecular flexibility index (Phi) is 2.91. The molecule has 0 saturated carbocycles. The zero-order valence-corrected chi connectivity index (χ0v) is 10.5. The van der Waals surface area contributed by atoms with E-state index in [-0.39, 0.29) is 0 Å². The van der Waals surface area contributed by atoms with Crippen molar-refractivity contribution in [2.75, 3.05) is 0 Å².